The first-order valence-electron chi connectivity index (χ1n) is 6.95. The van der Waals surface area contributed by atoms with Crippen molar-refractivity contribution in [3.05, 3.63) is 24.3 Å². The smallest absolute Gasteiger partial charge is 0.175 e. The van der Waals surface area contributed by atoms with Crippen LogP contribution < -0.4 is 10.1 Å². The molecule has 0 heterocycles. The number of rotatable bonds is 5. The zero-order chi connectivity index (χ0) is 15.0. The molecule has 1 aromatic rings. The Labute approximate surface area is 121 Å². The minimum atomic E-state index is -3.15. The van der Waals surface area contributed by atoms with Gasteiger partial charge in [-0.25, -0.2) is 8.42 Å². The van der Waals surface area contributed by atoms with Crippen molar-refractivity contribution in [3.63, 3.8) is 0 Å². The van der Waals surface area contributed by atoms with E-state index in [4.69, 9.17) is 4.74 Å². The first-order valence-corrected chi connectivity index (χ1v) is 8.84. The van der Waals surface area contributed by atoms with Crippen LogP contribution >= 0.6 is 0 Å². The fraction of sp³-hybridized carbons (Fsp3) is 0.600. The molecule has 3 atom stereocenters. The molecule has 4 nitrogen and oxygen atoms in total. The third-order valence-corrected chi connectivity index (χ3v) is 5.75. The molecule has 1 saturated carbocycles. The minimum Gasteiger partial charge on any atom is -0.490 e. The van der Waals surface area contributed by atoms with Gasteiger partial charge < -0.3 is 10.1 Å². The number of sulfone groups is 1. The lowest BCUT2D eigenvalue weighted by Gasteiger charge is -2.53. The SMILES string of the molecule is CCC1(C)C(NC)CC1Oc1ccc(S(C)(=O)=O)cc1. The van der Waals surface area contributed by atoms with Crippen molar-refractivity contribution in [2.45, 2.75) is 43.7 Å². The van der Waals surface area contributed by atoms with Crippen molar-refractivity contribution < 1.29 is 13.2 Å². The highest BCUT2D eigenvalue weighted by atomic mass is 32.2. The van der Waals surface area contributed by atoms with Gasteiger partial charge in [-0.2, -0.15) is 0 Å². The van der Waals surface area contributed by atoms with Crippen LogP contribution in [-0.4, -0.2) is 33.9 Å². The molecule has 0 aliphatic heterocycles. The van der Waals surface area contributed by atoms with Crippen LogP contribution in [0, 0.1) is 5.41 Å². The predicted octanol–water partition coefficient (Wildman–Crippen LogP) is 2.25. The van der Waals surface area contributed by atoms with Gasteiger partial charge in [0.05, 0.1) is 4.90 Å². The van der Waals surface area contributed by atoms with Crippen molar-refractivity contribution >= 4 is 9.84 Å². The Bertz CT molecular complexity index is 567. The van der Waals surface area contributed by atoms with E-state index in [1.165, 1.54) is 6.26 Å². The third-order valence-electron chi connectivity index (χ3n) is 4.62. The van der Waals surface area contributed by atoms with Gasteiger partial charge in [0.25, 0.3) is 0 Å². The van der Waals surface area contributed by atoms with Gasteiger partial charge in [0.2, 0.25) is 0 Å². The van der Waals surface area contributed by atoms with Crippen LogP contribution in [0.1, 0.15) is 26.7 Å². The van der Waals surface area contributed by atoms with E-state index in [1.54, 1.807) is 24.3 Å². The summed E-state index contributed by atoms with van der Waals surface area (Å²) in [5.74, 6) is 0.733. The molecule has 2 rings (SSSR count). The maximum atomic E-state index is 11.4. The van der Waals surface area contributed by atoms with Gasteiger partial charge >= 0.3 is 0 Å². The Morgan fingerprint density at radius 1 is 1.35 bits per heavy atom. The highest BCUT2D eigenvalue weighted by Gasteiger charge is 2.51. The highest BCUT2D eigenvalue weighted by molar-refractivity contribution is 7.90. The van der Waals surface area contributed by atoms with E-state index in [2.05, 4.69) is 19.2 Å². The molecule has 1 N–H and O–H groups in total. The van der Waals surface area contributed by atoms with Crippen LogP contribution in [0.5, 0.6) is 5.75 Å². The molecular formula is C15H23NO3S. The highest BCUT2D eigenvalue weighted by Crippen LogP contribution is 2.45. The summed E-state index contributed by atoms with van der Waals surface area (Å²) in [5.41, 5.74) is 0.129. The Kier molecular flexibility index (Phi) is 4.12. The topological polar surface area (TPSA) is 55.4 Å². The minimum absolute atomic E-state index is 0.129. The average Bonchev–Trinajstić information content (AvgIpc) is 2.41. The summed E-state index contributed by atoms with van der Waals surface area (Å²) in [7, 11) is -1.16. The number of ether oxygens (including phenoxy) is 1. The largest absolute Gasteiger partial charge is 0.490 e. The molecular weight excluding hydrogens is 274 g/mol. The van der Waals surface area contributed by atoms with Crippen LogP contribution in [0.3, 0.4) is 0 Å². The summed E-state index contributed by atoms with van der Waals surface area (Å²) in [6, 6.07) is 7.15. The second kappa shape index (κ2) is 5.37. The molecule has 1 aliphatic carbocycles. The quantitative estimate of drug-likeness (QED) is 0.905. The van der Waals surface area contributed by atoms with Gasteiger partial charge in [-0.1, -0.05) is 13.8 Å². The third kappa shape index (κ3) is 2.69. The molecule has 0 spiro atoms. The van der Waals surface area contributed by atoms with Crippen LogP contribution in [-0.2, 0) is 9.84 Å². The summed E-state index contributed by atoms with van der Waals surface area (Å²) in [6.07, 6.45) is 3.41. The number of hydrogen-bond donors (Lipinski definition) is 1. The lowest BCUT2D eigenvalue weighted by Crippen LogP contribution is -2.62. The molecule has 0 amide bonds. The number of nitrogens with one attached hydrogen (secondary N) is 1. The Hall–Kier alpha value is -1.07. The summed E-state index contributed by atoms with van der Waals surface area (Å²) < 4.78 is 28.9. The maximum Gasteiger partial charge on any atom is 0.175 e. The number of hydrogen-bond acceptors (Lipinski definition) is 4. The molecule has 20 heavy (non-hydrogen) atoms. The van der Waals surface area contributed by atoms with E-state index in [-0.39, 0.29) is 11.5 Å². The molecule has 112 valence electrons. The average molecular weight is 297 g/mol. The Morgan fingerprint density at radius 2 is 1.95 bits per heavy atom. The second-order valence-corrected chi connectivity index (χ2v) is 7.80. The zero-order valence-corrected chi connectivity index (χ0v) is 13.3. The summed E-state index contributed by atoms with van der Waals surface area (Å²) in [4.78, 5) is 0.324. The van der Waals surface area contributed by atoms with Gasteiger partial charge in [-0.15, -0.1) is 0 Å². The van der Waals surface area contributed by atoms with Gasteiger partial charge in [0.1, 0.15) is 11.9 Å². The monoisotopic (exact) mass is 297 g/mol. The van der Waals surface area contributed by atoms with Crippen LogP contribution in [0.2, 0.25) is 0 Å². The molecule has 1 aliphatic rings. The molecule has 1 aromatic carbocycles. The van der Waals surface area contributed by atoms with E-state index in [0.29, 0.717) is 10.9 Å². The second-order valence-electron chi connectivity index (χ2n) is 5.79. The van der Waals surface area contributed by atoms with E-state index in [9.17, 15) is 8.42 Å². The van der Waals surface area contributed by atoms with Gasteiger partial charge in [0, 0.05) is 24.1 Å². The first-order chi connectivity index (χ1) is 9.31. The Morgan fingerprint density at radius 3 is 2.40 bits per heavy atom. The molecule has 0 radical (unpaired) electrons. The fourth-order valence-electron chi connectivity index (χ4n) is 2.85. The first kappa shape index (κ1) is 15.3. The molecule has 3 unspecified atom stereocenters. The maximum absolute atomic E-state index is 11.4. The lowest BCUT2D eigenvalue weighted by atomic mass is 9.61. The van der Waals surface area contributed by atoms with Crippen LogP contribution in [0.25, 0.3) is 0 Å². The molecule has 1 fully saturated rings. The van der Waals surface area contributed by atoms with E-state index >= 15 is 0 Å². The van der Waals surface area contributed by atoms with Gasteiger partial charge in [-0.05, 0) is 37.7 Å². The van der Waals surface area contributed by atoms with E-state index < -0.39 is 9.84 Å². The van der Waals surface area contributed by atoms with Gasteiger partial charge in [-0.3, -0.25) is 0 Å². The molecule has 0 aromatic heterocycles. The normalized spacial score (nSPS) is 29.8. The summed E-state index contributed by atoms with van der Waals surface area (Å²) in [5, 5.41) is 3.33. The lowest BCUT2D eigenvalue weighted by molar-refractivity contribution is -0.0677. The summed E-state index contributed by atoms with van der Waals surface area (Å²) >= 11 is 0. The zero-order valence-electron chi connectivity index (χ0n) is 12.5. The predicted molar refractivity (Wildman–Crippen MR) is 79.8 cm³/mol. The van der Waals surface area contributed by atoms with Crippen molar-refractivity contribution in [3.8, 4) is 5.75 Å². The standard InChI is InChI=1S/C15H23NO3S/c1-5-15(2)13(16-3)10-14(15)19-11-6-8-12(9-7-11)20(4,17)18/h6-9,13-14,16H,5,10H2,1-4H3. The van der Waals surface area contributed by atoms with Crippen LogP contribution in [0.4, 0.5) is 0 Å². The number of benzene rings is 1. The van der Waals surface area contributed by atoms with Crippen molar-refractivity contribution in [1.82, 2.24) is 5.32 Å². The van der Waals surface area contributed by atoms with Crippen LogP contribution in [0.15, 0.2) is 29.2 Å². The fourth-order valence-corrected chi connectivity index (χ4v) is 3.48. The van der Waals surface area contributed by atoms with Crippen molar-refractivity contribution in [2.75, 3.05) is 13.3 Å². The molecule has 0 bridgehead atoms. The molecule has 0 saturated heterocycles. The Balaban J connectivity index is 2.08. The summed E-state index contributed by atoms with van der Waals surface area (Å²) in [6.45, 7) is 4.40. The molecule has 5 heteroatoms. The van der Waals surface area contributed by atoms with Crippen molar-refractivity contribution in [2.24, 2.45) is 5.41 Å². The van der Waals surface area contributed by atoms with E-state index in [0.717, 1.165) is 18.6 Å². The van der Waals surface area contributed by atoms with Gasteiger partial charge in [0.15, 0.2) is 9.84 Å². The van der Waals surface area contributed by atoms with E-state index in [1.807, 2.05) is 7.05 Å². The van der Waals surface area contributed by atoms with Crippen molar-refractivity contribution in [1.29, 1.82) is 0 Å².